The third kappa shape index (κ3) is 3.33. The van der Waals surface area contributed by atoms with Crippen molar-refractivity contribution < 1.29 is 14.3 Å². The summed E-state index contributed by atoms with van der Waals surface area (Å²) in [5.74, 6) is 0.386. The molecule has 1 aromatic rings. The summed E-state index contributed by atoms with van der Waals surface area (Å²) in [4.78, 5) is 31.9. The van der Waals surface area contributed by atoms with Crippen LogP contribution in [0.5, 0.6) is 5.75 Å². The first-order valence-electron chi connectivity index (χ1n) is 9.32. The van der Waals surface area contributed by atoms with Gasteiger partial charge in [-0.3, -0.25) is 14.5 Å². The maximum atomic E-state index is 13.0. The minimum atomic E-state index is -0.185. The highest BCUT2D eigenvalue weighted by Gasteiger charge is 2.41. The highest BCUT2D eigenvalue weighted by atomic mass is 16.5. The first-order chi connectivity index (χ1) is 12.6. The molecule has 1 aromatic carbocycles. The highest BCUT2D eigenvalue weighted by Crippen LogP contribution is 2.33. The number of amides is 2. The fraction of sp³-hybridized carbons (Fsp3) is 0.500. The molecule has 2 heterocycles. The minimum Gasteiger partial charge on any atom is -0.497 e. The molecule has 1 fully saturated rings. The van der Waals surface area contributed by atoms with Gasteiger partial charge in [0, 0.05) is 32.7 Å². The van der Waals surface area contributed by atoms with Crippen molar-refractivity contribution in [3.63, 3.8) is 0 Å². The SMILES string of the molecule is CCCN1C(=O)C(c2ccc(OC)cc2)=C(N2CCN(CC)CC2)C1=O. The summed E-state index contributed by atoms with van der Waals surface area (Å²) in [6, 6.07) is 7.37. The van der Waals surface area contributed by atoms with Gasteiger partial charge in [-0.2, -0.15) is 0 Å². The zero-order chi connectivity index (χ0) is 18.7. The van der Waals surface area contributed by atoms with E-state index in [-0.39, 0.29) is 11.8 Å². The largest absolute Gasteiger partial charge is 0.497 e. The number of carbonyl (C=O) groups excluding carboxylic acids is 2. The van der Waals surface area contributed by atoms with Crippen molar-refractivity contribution in [2.45, 2.75) is 20.3 Å². The van der Waals surface area contributed by atoms with Gasteiger partial charge in [0.2, 0.25) is 0 Å². The molecule has 0 bridgehead atoms. The van der Waals surface area contributed by atoms with Crippen LogP contribution in [-0.4, -0.2) is 72.9 Å². The van der Waals surface area contributed by atoms with Crippen LogP contribution in [0, 0.1) is 0 Å². The molecule has 0 aromatic heterocycles. The molecule has 0 aliphatic carbocycles. The van der Waals surface area contributed by atoms with E-state index in [9.17, 15) is 9.59 Å². The number of hydrogen-bond donors (Lipinski definition) is 0. The van der Waals surface area contributed by atoms with E-state index in [1.165, 1.54) is 4.90 Å². The van der Waals surface area contributed by atoms with Gasteiger partial charge in [0.1, 0.15) is 11.4 Å². The fourth-order valence-electron chi connectivity index (χ4n) is 3.59. The van der Waals surface area contributed by atoms with Crippen molar-refractivity contribution in [2.75, 3.05) is 46.4 Å². The molecule has 140 valence electrons. The second kappa shape index (κ2) is 7.91. The van der Waals surface area contributed by atoms with Gasteiger partial charge in [-0.15, -0.1) is 0 Å². The molecule has 0 saturated carbocycles. The molecule has 3 rings (SSSR count). The summed E-state index contributed by atoms with van der Waals surface area (Å²) in [6.45, 7) is 8.93. The first-order valence-corrected chi connectivity index (χ1v) is 9.32. The van der Waals surface area contributed by atoms with Gasteiger partial charge in [0.05, 0.1) is 12.7 Å². The third-order valence-corrected chi connectivity index (χ3v) is 5.11. The van der Waals surface area contributed by atoms with E-state index in [0.717, 1.165) is 50.5 Å². The van der Waals surface area contributed by atoms with Crippen LogP contribution in [-0.2, 0) is 9.59 Å². The Bertz CT molecular complexity index is 704. The molecule has 0 spiro atoms. The second-order valence-corrected chi connectivity index (χ2v) is 6.64. The van der Waals surface area contributed by atoms with Crippen LogP contribution in [0.4, 0.5) is 0 Å². The van der Waals surface area contributed by atoms with Crippen LogP contribution >= 0.6 is 0 Å². The predicted molar refractivity (Wildman–Crippen MR) is 101 cm³/mol. The van der Waals surface area contributed by atoms with Crippen LogP contribution in [0.2, 0.25) is 0 Å². The number of piperazine rings is 1. The molecule has 6 nitrogen and oxygen atoms in total. The van der Waals surface area contributed by atoms with E-state index in [4.69, 9.17) is 4.74 Å². The van der Waals surface area contributed by atoms with E-state index < -0.39 is 0 Å². The molecule has 6 heteroatoms. The molecule has 1 saturated heterocycles. The van der Waals surface area contributed by atoms with Crippen molar-refractivity contribution in [2.24, 2.45) is 0 Å². The average Bonchev–Trinajstić information content (AvgIpc) is 2.93. The number of ether oxygens (including phenoxy) is 1. The lowest BCUT2D eigenvalue weighted by atomic mass is 10.0. The van der Waals surface area contributed by atoms with E-state index in [2.05, 4.69) is 16.7 Å². The summed E-state index contributed by atoms with van der Waals surface area (Å²) in [5, 5.41) is 0. The monoisotopic (exact) mass is 357 g/mol. The van der Waals surface area contributed by atoms with Crippen molar-refractivity contribution in [3.8, 4) is 5.75 Å². The molecule has 0 atom stereocenters. The summed E-state index contributed by atoms with van der Waals surface area (Å²) in [7, 11) is 1.61. The molecule has 2 aliphatic heterocycles. The summed E-state index contributed by atoms with van der Waals surface area (Å²) < 4.78 is 5.21. The highest BCUT2D eigenvalue weighted by molar-refractivity contribution is 6.35. The number of rotatable bonds is 6. The second-order valence-electron chi connectivity index (χ2n) is 6.64. The Hall–Kier alpha value is -2.34. The van der Waals surface area contributed by atoms with Crippen molar-refractivity contribution in [3.05, 3.63) is 35.5 Å². The standard InChI is InChI=1S/C20H27N3O3/c1-4-10-23-19(24)17(15-6-8-16(26-3)9-7-15)18(20(23)25)22-13-11-21(5-2)12-14-22/h6-9H,4-5,10-14H2,1-3H3. The zero-order valence-corrected chi connectivity index (χ0v) is 15.8. The Morgan fingerprint density at radius 2 is 1.62 bits per heavy atom. The number of benzene rings is 1. The number of nitrogens with zero attached hydrogens (tertiary/aromatic N) is 3. The van der Waals surface area contributed by atoms with Crippen molar-refractivity contribution >= 4 is 17.4 Å². The molecular formula is C20H27N3O3. The van der Waals surface area contributed by atoms with Gasteiger partial charge < -0.3 is 14.5 Å². The Kier molecular flexibility index (Phi) is 5.61. The fourth-order valence-corrected chi connectivity index (χ4v) is 3.59. The van der Waals surface area contributed by atoms with E-state index >= 15 is 0 Å². The predicted octanol–water partition coefficient (Wildman–Crippen LogP) is 1.82. The third-order valence-electron chi connectivity index (χ3n) is 5.11. The summed E-state index contributed by atoms with van der Waals surface area (Å²) in [5.41, 5.74) is 1.86. The van der Waals surface area contributed by atoms with E-state index in [1.807, 2.05) is 31.2 Å². The van der Waals surface area contributed by atoms with Crippen molar-refractivity contribution in [1.29, 1.82) is 0 Å². The number of carbonyl (C=O) groups is 2. The lowest BCUT2D eigenvalue weighted by Gasteiger charge is -2.36. The van der Waals surface area contributed by atoms with Gasteiger partial charge in [-0.25, -0.2) is 0 Å². The molecule has 0 N–H and O–H groups in total. The molecule has 26 heavy (non-hydrogen) atoms. The Labute approximate surface area is 155 Å². The number of imide groups is 1. The Morgan fingerprint density at radius 1 is 0.962 bits per heavy atom. The Morgan fingerprint density at radius 3 is 2.15 bits per heavy atom. The normalized spacial score (nSPS) is 18.9. The van der Waals surface area contributed by atoms with Gasteiger partial charge in [-0.1, -0.05) is 26.0 Å². The number of hydrogen-bond acceptors (Lipinski definition) is 5. The molecule has 0 unspecified atom stereocenters. The van der Waals surface area contributed by atoms with Gasteiger partial charge in [0.15, 0.2) is 0 Å². The number of methoxy groups -OCH3 is 1. The topological polar surface area (TPSA) is 53.1 Å². The van der Waals surface area contributed by atoms with Gasteiger partial charge >= 0.3 is 0 Å². The van der Waals surface area contributed by atoms with Gasteiger partial charge in [-0.05, 0) is 30.7 Å². The first kappa shape index (κ1) is 18.5. The van der Waals surface area contributed by atoms with E-state index in [1.54, 1.807) is 7.11 Å². The Balaban J connectivity index is 1.98. The summed E-state index contributed by atoms with van der Waals surface area (Å²) in [6.07, 6.45) is 0.754. The van der Waals surface area contributed by atoms with Crippen LogP contribution in [0.15, 0.2) is 30.0 Å². The zero-order valence-electron chi connectivity index (χ0n) is 15.8. The van der Waals surface area contributed by atoms with Crippen molar-refractivity contribution in [1.82, 2.24) is 14.7 Å². The molecule has 2 amide bonds. The lowest BCUT2D eigenvalue weighted by molar-refractivity contribution is -0.137. The van der Waals surface area contributed by atoms with Crippen LogP contribution in [0.3, 0.4) is 0 Å². The lowest BCUT2D eigenvalue weighted by Crippen LogP contribution is -2.47. The van der Waals surface area contributed by atoms with Crippen LogP contribution < -0.4 is 4.74 Å². The number of likely N-dealkylation sites (N-methyl/N-ethyl adjacent to an activating group) is 1. The van der Waals surface area contributed by atoms with Gasteiger partial charge in [0.25, 0.3) is 11.8 Å². The van der Waals surface area contributed by atoms with Crippen LogP contribution in [0.1, 0.15) is 25.8 Å². The smallest absolute Gasteiger partial charge is 0.277 e. The maximum Gasteiger partial charge on any atom is 0.277 e. The maximum absolute atomic E-state index is 13.0. The molecular weight excluding hydrogens is 330 g/mol. The van der Waals surface area contributed by atoms with E-state index in [0.29, 0.717) is 17.8 Å². The quantitative estimate of drug-likeness (QED) is 0.727. The average molecular weight is 357 g/mol. The summed E-state index contributed by atoms with van der Waals surface area (Å²) >= 11 is 0. The molecule has 0 radical (unpaired) electrons. The van der Waals surface area contributed by atoms with Crippen LogP contribution in [0.25, 0.3) is 5.57 Å². The molecule has 2 aliphatic rings. The minimum absolute atomic E-state index is 0.160.